The van der Waals surface area contributed by atoms with Gasteiger partial charge in [-0.2, -0.15) is 0 Å². The summed E-state index contributed by atoms with van der Waals surface area (Å²) in [5.41, 5.74) is 1.14. The standard InChI is InChI=1S/C11H9ClN2O2S/c1-6-5-17-11(13-6)14-10(16)7-2-8(12)4-9(15)3-7/h2-5,15H,1H3,(H,13,14,16). The molecule has 88 valence electrons. The van der Waals surface area contributed by atoms with Crippen LogP contribution in [0.1, 0.15) is 16.1 Å². The molecule has 1 aromatic carbocycles. The minimum Gasteiger partial charge on any atom is -0.508 e. The molecule has 0 fully saturated rings. The van der Waals surface area contributed by atoms with Gasteiger partial charge in [0.2, 0.25) is 0 Å². The Bertz CT molecular complexity index is 548. The van der Waals surface area contributed by atoms with Gasteiger partial charge in [0, 0.05) is 16.0 Å². The molecule has 0 saturated carbocycles. The Labute approximate surface area is 107 Å². The number of aromatic hydroxyl groups is 1. The minimum absolute atomic E-state index is 0.0435. The number of phenols is 1. The number of aromatic nitrogens is 1. The van der Waals surface area contributed by atoms with Gasteiger partial charge in [-0.25, -0.2) is 4.98 Å². The van der Waals surface area contributed by atoms with Gasteiger partial charge >= 0.3 is 0 Å². The topological polar surface area (TPSA) is 62.2 Å². The molecule has 2 rings (SSSR count). The average Bonchev–Trinajstić information content (AvgIpc) is 2.62. The van der Waals surface area contributed by atoms with E-state index in [1.807, 2.05) is 12.3 Å². The number of hydrogen-bond acceptors (Lipinski definition) is 4. The summed E-state index contributed by atoms with van der Waals surface area (Å²) in [4.78, 5) is 15.9. The molecular formula is C11H9ClN2O2S. The number of carbonyl (C=O) groups excluding carboxylic acids is 1. The molecule has 4 nitrogen and oxygen atoms in total. The van der Waals surface area contributed by atoms with Crippen LogP contribution < -0.4 is 5.32 Å². The molecule has 17 heavy (non-hydrogen) atoms. The minimum atomic E-state index is -0.350. The maximum atomic E-state index is 11.8. The molecule has 0 aliphatic rings. The van der Waals surface area contributed by atoms with Crippen LogP contribution >= 0.6 is 22.9 Å². The van der Waals surface area contributed by atoms with E-state index >= 15 is 0 Å². The van der Waals surface area contributed by atoms with Crippen molar-refractivity contribution in [1.29, 1.82) is 0 Å². The number of hydrogen-bond donors (Lipinski definition) is 2. The normalized spacial score (nSPS) is 10.2. The predicted molar refractivity (Wildman–Crippen MR) is 67.9 cm³/mol. The van der Waals surface area contributed by atoms with E-state index < -0.39 is 0 Å². The first kappa shape index (κ1) is 11.9. The van der Waals surface area contributed by atoms with Crippen LogP contribution in [0.15, 0.2) is 23.6 Å². The van der Waals surface area contributed by atoms with Crippen LogP contribution in [0.4, 0.5) is 5.13 Å². The van der Waals surface area contributed by atoms with Gasteiger partial charge in [0.15, 0.2) is 5.13 Å². The molecule has 0 saturated heterocycles. The van der Waals surface area contributed by atoms with Gasteiger partial charge in [0.25, 0.3) is 5.91 Å². The van der Waals surface area contributed by atoms with E-state index in [2.05, 4.69) is 10.3 Å². The van der Waals surface area contributed by atoms with Crippen LogP contribution in [0.5, 0.6) is 5.75 Å². The maximum absolute atomic E-state index is 11.8. The summed E-state index contributed by atoms with van der Waals surface area (Å²) in [5.74, 6) is -0.393. The monoisotopic (exact) mass is 268 g/mol. The summed E-state index contributed by atoms with van der Waals surface area (Å²) < 4.78 is 0. The lowest BCUT2D eigenvalue weighted by Crippen LogP contribution is -2.11. The quantitative estimate of drug-likeness (QED) is 0.880. The highest BCUT2D eigenvalue weighted by Gasteiger charge is 2.10. The van der Waals surface area contributed by atoms with Gasteiger partial charge in [0.05, 0.1) is 5.69 Å². The molecule has 2 aromatic rings. The number of nitrogens with one attached hydrogen (secondary N) is 1. The summed E-state index contributed by atoms with van der Waals surface area (Å²) in [5, 5.41) is 14.6. The molecule has 0 spiro atoms. The second kappa shape index (κ2) is 4.73. The Morgan fingerprint density at radius 3 is 2.82 bits per heavy atom. The third kappa shape index (κ3) is 2.95. The van der Waals surface area contributed by atoms with Gasteiger partial charge in [-0.15, -0.1) is 11.3 Å². The number of anilines is 1. The lowest BCUT2D eigenvalue weighted by molar-refractivity contribution is 0.102. The zero-order valence-electron chi connectivity index (χ0n) is 8.90. The van der Waals surface area contributed by atoms with Crippen molar-refractivity contribution in [3.8, 4) is 5.75 Å². The second-order valence-electron chi connectivity index (χ2n) is 3.45. The van der Waals surface area contributed by atoms with Gasteiger partial charge in [0.1, 0.15) is 5.75 Å². The summed E-state index contributed by atoms with van der Waals surface area (Å²) in [6, 6.07) is 4.20. The molecule has 0 bridgehead atoms. The SMILES string of the molecule is Cc1csc(NC(=O)c2cc(O)cc(Cl)c2)n1. The fourth-order valence-corrected chi connectivity index (χ4v) is 2.20. The van der Waals surface area contributed by atoms with E-state index in [-0.39, 0.29) is 11.7 Å². The molecule has 0 atom stereocenters. The van der Waals surface area contributed by atoms with Crippen molar-refractivity contribution in [2.45, 2.75) is 6.92 Å². The Balaban J connectivity index is 2.19. The van der Waals surface area contributed by atoms with E-state index in [0.717, 1.165) is 5.69 Å². The van der Waals surface area contributed by atoms with Crippen LogP contribution in [0, 0.1) is 6.92 Å². The zero-order chi connectivity index (χ0) is 12.4. The van der Waals surface area contributed by atoms with E-state index in [1.54, 1.807) is 0 Å². The first-order valence-corrected chi connectivity index (χ1v) is 6.03. The number of rotatable bonds is 2. The number of phenolic OH excluding ortho intramolecular Hbond substituents is 1. The smallest absolute Gasteiger partial charge is 0.257 e. The number of nitrogens with zero attached hydrogens (tertiary/aromatic N) is 1. The van der Waals surface area contributed by atoms with Crippen molar-refractivity contribution in [2.24, 2.45) is 0 Å². The molecule has 2 N–H and O–H groups in total. The lowest BCUT2D eigenvalue weighted by Gasteiger charge is -2.03. The molecular weight excluding hydrogens is 260 g/mol. The number of aryl methyl sites for hydroxylation is 1. The molecule has 0 radical (unpaired) electrons. The van der Waals surface area contributed by atoms with Gasteiger partial charge in [-0.05, 0) is 25.1 Å². The maximum Gasteiger partial charge on any atom is 0.257 e. The molecule has 1 amide bonds. The van der Waals surface area contributed by atoms with Crippen molar-refractivity contribution < 1.29 is 9.90 Å². The van der Waals surface area contributed by atoms with E-state index in [9.17, 15) is 9.90 Å². The molecule has 0 aliphatic carbocycles. The molecule has 1 aromatic heterocycles. The van der Waals surface area contributed by atoms with Gasteiger partial charge < -0.3 is 5.11 Å². The van der Waals surface area contributed by atoms with Gasteiger partial charge in [-0.3, -0.25) is 10.1 Å². The van der Waals surface area contributed by atoms with Crippen LogP contribution in [0.2, 0.25) is 5.02 Å². The molecule has 6 heteroatoms. The number of amides is 1. The predicted octanol–water partition coefficient (Wildman–Crippen LogP) is 3.06. The highest BCUT2D eigenvalue weighted by molar-refractivity contribution is 7.13. The Kier molecular flexibility index (Phi) is 3.31. The second-order valence-corrected chi connectivity index (χ2v) is 4.74. The first-order valence-electron chi connectivity index (χ1n) is 4.77. The van der Waals surface area contributed by atoms with Crippen molar-refractivity contribution in [3.05, 3.63) is 39.9 Å². The summed E-state index contributed by atoms with van der Waals surface area (Å²) >= 11 is 7.09. The molecule has 0 unspecified atom stereocenters. The zero-order valence-corrected chi connectivity index (χ0v) is 10.5. The highest BCUT2D eigenvalue weighted by atomic mass is 35.5. The van der Waals surface area contributed by atoms with Crippen molar-refractivity contribution in [3.63, 3.8) is 0 Å². The third-order valence-electron chi connectivity index (χ3n) is 1.98. The summed E-state index contributed by atoms with van der Waals surface area (Å²) in [6.07, 6.45) is 0. The average molecular weight is 269 g/mol. The van der Waals surface area contributed by atoms with Crippen LogP contribution in [-0.4, -0.2) is 16.0 Å². The van der Waals surface area contributed by atoms with E-state index in [4.69, 9.17) is 11.6 Å². The third-order valence-corrected chi connectivity index (χ3v) is 3.08. The highest BCUT2D eigenvalue weighted by Crippen LogP contribution is 2.21. The fraction of sp³-hybridized carbons (Fsp3) is 0.0909. The summed E-state index contributed by atoms with van der Waals surface area (Å²) in [6.45, 7) is 1.84. The van der Waals surface area contributed by atoms with E-state index in [0.29, 0.717) is 15.7 Å². The Morgan fingerprint density at radius 2 is 2.24 bits per heavy atom. The Hall–Kier alpha value is -1.59. The van der Waals surface area contributed by atoms with Crippen LogP contribution in [0.3, 0.4) is 0 Å². The summed E-state index contributed by atoms with van der Waals surface area (Å²) in [7, 11) is 0. The van der Waals surface area contributed by atoms with Crippen LogP contribution in [0.25, 0.3) is 0 Å². The van der Waals surface area contributed by atoms with Gasteiger partial charge in [-0.1, -0.05) is 11.6 Å². The number of carbonyl (C=O) groups is 1. The lowest BCUT2D eigenvalue weighted by atomic mass is 10.2. The Morgan fingerprint density at radius 1 is 1.47 bits per heavy atom. The number of benzene rings is 1. The fourth-order valence-electron chi connectivity index (χ4n) is 1.29. The number of halogens is 1. The van der Waals surface area contributed by atoms with E-state index in [1.165, 1.54) is 29.5 Å². The van der Waals surface area contributed by atoms with Crippen molar-refractivity contribution in [1.82, 2.24) is 4.98 Å². The van der Waals surface area contributed by atoms with Crippen molar-refractivity contribution >= 4 is 34.0 Å². The first-order chi connectivity index (χ1) is 8.04. The van der Waals surface area contributed by atoms with Crippen molar-refractivity contribution in [2.75, 3.05) is 5.32 Å². The van der Waals surface area contributed by atoms with Crippen LogP contribution in [-0.2, 0) is 0 Å². The largest absolute Gasteiger partial charge is 0.508 e. The molecule has 1 heterocycles. The molecule has 0 aliphatic heterocycles. The number of thiazole rings is 1.